The minimum absolute atomic E-state index is 0.888. The van der Waals surface area contributed by atoms with Gasteiger partial charge in [-0.25, -0.2) is 0 Å². The fourth-order valence-electron chi connectivity index (χ4n) is 1.25. The Bertz CT molecular complexity index is 118. The van der Waals surface area contributed by atoms with Crippen LogP contribution in [0.3, 0.4) is 0 Å². The molecule has 0 N–H and O–H groups in total. The minimum Gasteiger partial charge on any atom is -0.100 e. The summed E-state index contributed by atoms with van der Waals surface area (Å²) in [5, 5.41) is 0. The summed E-state index contributed by atoms with van der Waals surface area (Å²) in [4.78, 5) is 0. The Morgan fingerprint density at radius 1 is 0.938 bits per heavy atom. The van der Waals surface area contributed by atoms with Crippen LogP contribution < -0.4 is 0 Å². The third-order valence-corrected chi connectivity index (χ3v) is 2.02. The Kier molecular flexibility index (Phi) is 22.6. The number of rotatable bonds is 5. The van der Waals surface area contributed by atoms with E-state index in [-0.39, 0.29) is 0 Å². The van der Waals surface area contributed by atoms with Crippen molar-refractivity contribution in [2.75, 3.05) is 0 Å². The first-order valence-corrected chi connectivity index (χ1v) is 7.02. The van der Waals surface area contributed by atoms with Gasteiger partial charge in [-0.2, -0.15) is 0 Å². The summed E-state index contributed by atoms with van der Waals surface area (Å²) in [6.07, 6.45) is 5.58. The van der Waals surface area contributed by atoms with E-state index in [0.29, 0.717) is 0 Å². The largest absolute Gasteiger partial charge is 0.100 e. The molecule has 0 aliphatic rings. The van der Waals surface area contributed by atoms with Crippen LogP contribution >= 0.6 is 0 Å². The summed E-state index contributed by atoms with van der Waals surface area (Å²) < 4.78 is 0. The maximum Gasteiger partial charge on any atom is -0.0443 e. The van der Waals surface area contributed by atoms with Gasteiger partial charge in [0.1, 0.15) is 0 Å². The molecule has 0 heterocycles. The van der Waals surface area contributed by atoms with E-state index in [0.717, 1.165) is 11.8 Å². The zero-order valence-electron chi connectivity index (χ0n) is 13.2. The van der Waals surface area contributed by atoms with E-state index in [1.165, 1.54) is 31.3 Å². The topological polar surface area (TPSA) is 0 Å². The molecule has 1 atom stereocenters. The standard InChI is InChI=1S/C10H22.C4H8.C2H6/c1-5-6-10(4)8-7-9(2)3;1-4(2)3;1-2/h9-10H,5-8H2,1-4H3;1H2,2-3H3;1-2H3. The van der Waals surface area contributed by atoms with Crippen LogP contribution in [0.1, 0.15) is 81.1 Å². The van der Waals surface area contributed by atoms with Crippen LogP contribution in [0.5, 0.6) is 0 Å². The van der Waals surface area contributed by atoms with Gasteiger partial charge in [-0.05, 0) is 25.7 Å². The van der Waals surface area contributed by atoms with E-state index >= 15 is 0 Å². The molecule has 0 heteroatoms. The second-order valence-electron chi connectivity index (χ2n) is 5.07. The highest BCUT2D eigenvalue weighted by molar-refractivity contribution is 4.78. The summed E-state index contributed by atoms with van der Waals surface area (Å²) in [6, 6.07) is 0. The Morgan fingerprint density at radius 3 is 1.56 bits per heavy atom. The molecular weight excluding hydrogens is 192 g/mol. The van der Waals surface area contributed by atoms with Crippen LogP contribution in [0, 0.1) is 11.8 Å². The second-order valence-corrected chi connectivity index (χ2v) is 5.07. The predicted molar refractivity (Wildman–Crippen MR) is 80.0 cm³/mol. The van der Waals surface area contributed by atoms with Crippen LogP contribution in [-0.4, -0.2) is 0 Å². The van der Waals surface area contributed by atoms with Gasteiger partial charge >= 0.3 is 0 Å². The van der Waals surface area contributed by atoms with Crippen molar-refractivity contribution in [2.45, 2.75) is 81.1 Å². The number of hydrogen-bond acceptors (Lipinski definition) is 0. The molecule has 0 amide bonds. The van der Waals surface area contributed by atoms with Crippen LogP contribution in [0.2, 0.25) is 0 Å². The monoisotopic (exact) mass is 228 g/mol. The molecule has 0 fully saturated rings. The van der Waals surface area contributed by atoms with E-state index in [1.54, 1.807) is 0 Å². The molecule has 0 saturated heterocycles. The molecule has 0 aromatic rings. The smallest absolute Gasteiger partial charge is 0.0443 e. The normalized spacial score (nSPS) is 10.8. The number of hydrogen-bond donors (Lipinski definition) is 0. The van der Waals surface area contributed by atoms with Crippen LogP contribution in [0.25, 0.3) is 0 Å². The quantitative estimate of drug-likeness (QED) is 0.473. The average Bonchev–Trinajstić information content (AvgIpc) is 2.17. The minimum atomic E-state index is 0.888. The second kappa shape index (κ2) is 17.1. The summed E-state index contributed by atoms with van der Waals surface area (Å²) in [5.74, 6) is 1.84. The van der Waals surface area contributed by atoms with Crippen molar-refractivity contribution in [2.24, 2.45) is 11.8 Å². The van der Waals surface area contributed by atoms with Crippen molar-refractivity contribution in [3.8, 4) is 0 Å². The lowest BCUT2D eigenvalue weighted by molar-refractivity contribution is 0.425. The molecule has 0 spiro atoms. The lowest BCUT2D eigenvalue weighted by Crippen LogP contribution is -1.96. The molecule has 0 aromatic carbocycles. The fourth-order valence-corrected chi connectivity index (χ4v) is 1.25. The van der Waals surface area contributed by atoms with E-state index in [4.69, 9.17) is 0 Å². The molecule has 0 aliphatic heterocycles. The third kappa shape index (κ3) is 37.2. The SMILES string of the molecule is C=C(C)C.CC.CCCC(C)CCC(C)C. The number of allylic oxidation sites excluding steroid dienone is 1. The maximum atomic E-state index is 3.56. The molecule has 16 heavy (non-hydrogen) atoms. The summed E-state index contributed by atoms with van der Waals surface area (Å²) >= 11 is 0. The van der Waals surface area contributed by atoms with Crippen molar-refractivity contribution in [3.05, 3.63) is 12.2 Å². The molecule has 0 radical (unpaired) electrons. The highest BCUT2D eigenvalue weighted by Gasteiger charge is 2.01. The van der Waals surface area contributed by atoms with E-state index < -0.39 is 0 Å². The molecule has 0 aromatic heterocycles. The van der Waals surface area contributed by atoms with E-state index in [9.17, 15) is 0 Å². The van der Waals surface area contributed by atoms with Gasteiger partial charge in [0.05, 0.1) is 0 Å². The third-order valence-electron chi connectivity index (χ3n) is 2.02. The van der Waals surface area contributed by atoms with Crippen molar-refractivity contribution >= 4 is 0 Å². The molecule has 100 valence electrons. The zero-order valence-corrected chi connectivity index (χ0v) is 13.2. The molecular formula is C16H36. The van der Waals surface area contributed by atoms with Gasteiger partial charge in [-0.1, -0.05) is 72.8 Å². The van der Waals surface area contributed by atoms with E-state index in [2.05, 4.69) is 34.3 Å². The van der Waals surface area contributed by atoms with Gasteiger partial charge in [0.2, 0.25) is 0 Å². The van der Waals surface area contributed by atoms with Gasteiger partial charge in [-0.15, -0.1) is 6.58 Å². The summed E-state index contributed by atoms with van der Waals surface area (Å²) in [5.41, 5.74) is 1.17. The fraction of sp³-hybridized carbons (Fsp3) is 0.875. The first-order chi connectivity index (χ1) is 7.40. The molecule has 1 unspecified atom stereocenters. The molecule has 0 saturated carbocycles. The highest BCUT2D eigenvalue weighted by Crippen LogP contribution is 2.15. The van der Waals surface area contributed by atoms with Gasteiger partial charge < -0.3 is 0 Å². The molecule has 0 aliphatic carbocycles. The maximum absolute atomic E-state index is 3.56. The lowest BCUT2D eigenvalue weighted by Gasteiger charge is -2.10. The van der Waals surface area contributed by atoms with Crippen molar-refractivity contribution < 1.29 is 0 Å². The van der Waals surface area contributed by atoms with Crippen molar-refractivity contribution in [1.82, 2.24) is 0 Å². The average molecular weight is 228 g/mol. The van der Waals surface area contributed by atoms with Gasteiger partial charge in [0, 0.05) is 0 Å². The summed E-state index contributed by atoms with van der Waals surface area (Å²) in [7, 11) is 0. The molecule has 0 rings (SSSR count). The summed E-state index contributed by atoms with van der Waals surface area (Å²) in [6.45, 7) is 20.7. The predicted octanol–water partition coefficient (Wildman–Crippen LogP) is 6.47. The van der Waals surface area contributed by atoms with Gasteiger partial charge in [0.25, 0.3) is 0 Å². The Labute approximate surface area is 106 Å². The molecule has 0 bridgehead atoms. The van der Waals surface area contributed by atoms with Crippen LogP contribution in [-0.2, 0) is 0 Å². The first-order valence-electron chi connectivity index (χ1n) is 7.02. The molecule has 0 nitrogen and oxygen atoms in total. The lowest BCUT2D eigenvalue weighted by atomic mass is 9.96. The first kappa shape index (κ1) is 21.1. The van der Waals surface area contributed by atoms with Gasteiger partial charge in [-0.3, -0.25) is 0 Å². The van der Waals surface area contributed by atoms with Crippen LogP contribution in [0.4, 0.5) is 0 Å². The Hall–Kier alpha value is -0.260. The Balaban J connectivity index is -0.000000237. The highest BCUT2D eigenvalue weighted by atomic mass is 14.1. The Morgan fingerprint density at radius 2 is 1.31 bits per heavy atom. The van der Waals surface area contributed by atoms with Crippen LogP contribution in [0.15, 0.2) is 12.2 Å². The van der Waals surface area contributed by atoms with E-state index in [1.807, 2.05) is 27.7 Å². The zero-order chi connectivity index (χ0) is 13.6. The van der Waals surface area contributed by atoms with Crippen molar-refractivity contribution in [1.29, 1.82) is 0 Å². The van der Waals surface area contributed by atoms with Crippen molar-refractivity contribution in [3.63, 3.8) is 0 Å². The van der Waals surface area contributed by atoms with Gasteiger partial charge in [0.15, 0.2) is 0 Å².